The molecule has 0 atom stereocenters. The third-order valence-corrected chi connectivity index (χ3v) is 2.85. The summed E-state index contributed by atoms with van der Waals surface area (Å²) >= 11 is 0. The Morgan fingerprint density at radius 1 is 1.39 bits per heavy atom. The SMILES string of the molecule is O=C1COc2cc(C(=O)NC3COC3)ccc2N1. The monoisotopic (exact) mass is 248 g/mol. The minimum Gasteiger partial charge on any atom is -0.482 e. The number of rotatable bonds is 2. The molecule has 2 aliphatic rings. The molecule has 3 rings (SSSR count). The highest BCUT2D eigenvalue weighted by Crippen LogP contribution is 2.28. The smallest absolute Gasteiger partial charge is 0.262 e. The summed E-state index contributed by atoms with van der Waals surface area (Å²) in [5.41, 5.74) is 1.10. The summed E-state index contributed by atoms with van der Waals surface area (Å²) in [5, 5.41) is 5.51. The molecule has 0 bridgehead atoms. The van der Waals surface area contributed by atoms with E-state index in [1.165, 1.54) is 0 Å². The van der Waals surface area contributed by atoms with E-state index in [0.717, 1.165) is 0 Å². The third kappa shape index (κ3) is 2.02. The van der Waals surface area contributed by atoms with Gasteiger partial charge in [-0.25, -0.2) is 0 Å². The normalized spacial score (nSPS) is 18.1. The first kappa shape index (κ1) is 11.0. The summed E-state index contributed by atoms with van der Waals surface area (Å²) in [6.07, 6.45) is 0. The van der Waals surface area contributed by atoms with Crippen LogP contribution in [0.25, 0.3) is 0 Å². The van der Waals surface area contributed by atoms with E-state index in [0.29, 0.717) is 30.2 Å². The number of amides is 2. The van der Waals surface area contributed by atoms with E-state index in [1.807, 2.05) is 0 Å². The van der Waals surface area contributed by atoms with E-state index in [4.69, 9.17) is 9.47 Å². The van der Waals surface area contributed by atoms with Gasteiger partial charge in [-0.3, -0.25) is 9.59 Å². The first-order valence-corrected chi connectivity index (χ1v) is 5.68. The largest absolute Gasteiger partial charge is 0.482 e. The van der Waals surface area contributed by atoms with Crippen LogP contribution in [0.5, 0.6) is 5.75 Å². The average molecular weight is 248 g/mol. The van der Waals surface area contributed by atoms with Gasteiger partial charge >= 0.3 is 0 Å². The molecule has 94 valence electrons. The van der Waals surface area contributed by atoms with Crippen molar-refractivity contribution in [3.63, 3.8) is 0 Å². The van der Waals surface area contributed by atoms with E-state index >= 15 is 0 Å². The van der Waals surface area contributed by atoms with E-state index in [2.05, 4.69) is 10.6 Å². The van der Waals surface area contributed by atoms with Gasteiger partial charge in [0.15, 0.2) is 6.61 Å². The molecular formula is C12H12N2O4. The van der Waals surface area contributed by atoms with E-state index in [1.54, 1.807) is 18.2 Å². The number of carbonyl (C=O) groups excluding carboxylic acids is 2. The zero-order valence-corrected chi connectivity index (χ0v) is 9.56. The van der Waals surface area contributed by atoms with Gasteiger partial charge in [-0.15, -0.1) is 0 Å². The average Bonchev–Trinajstić information content (AvgIpc) is 2.33. The summed E-state index contributed by atoms with van der Waals surface area (Å²) in [6, 6.07) is 5.04. The minimum atomic E-state index is -0.189. The Hall–Kier alpha value is -2.08. The number of ether oxygens (including phenoxy) is 2. The van der Waals surface area contributed by atoms with Crippen molar-refractivity contribution >= 4 is 17.5 Å². The zero-order chi connectivity index (χ0) is 12.5. The van der Waals surface area contributed by atoms with Crippen LogP contribution in [-0.4, -0.2) is 37.7 Å². The molecule has 2 amide bonds. The van der Waals surface area contributed by atoms with Crippen molar-refractivity contribution < 1.29 is 19.1 Å². The molecule has 0 spiro atoms. The van der Waals surface area contributed by atoms with Crippen molar-refractivity contribution in [2.75, 3.05) is 25.1 Å². The molecule has 2 N–H and O–H groups in total. The predicted molar refractivity (Wildman–Crippen MR) is 62.6 cm³/mol. The molecule has 1 fully saturated rings. The second kappa shape index (κ2) is 4.30. The van der Waals surface area contributed by atoms with Crippen LogP contribution >= 0.6 is 0 Å². The molecule has 1 aromatic carbocycles. The lowest BCUT2D eigenvalue weighted by Gasteiger charge is -2.27. The third-order valence-electron chi connectivity index (χ3n) is 2.85. The van der Waals surface area contributed by atoms with E-state index < -0.39 is 0 Å². The number of anilines is 1. The van der Waals surface area contributed by atoms with Gasteiger partial charge < -0.3 is 20.1 Å². The standard InChI is InChI=1S/C12H12N2O4/c15-11-6-18-10-3-7(1-2-9(10)14-11)12(16)13-8-4-17-5-8/h1-3,8H,4-6H2,(H,13,16)(H,14,15). The van der Waals surface area contributed by atoms with Crippen LogP contribution in [0.1, 0.15) is 10.4 Å². The van der Waals surface area contributed by atoms with Crippen LogP contribution < -0.4 is 15.4 Å². The Kier molecular flexibility index (Phi) is 2.64. The summed E-state index contributed by atoms with van der Waals surface area (Å²) in [7, 11) is 0. The predicted octanol–water partition coefficient (Wildman–Crippen LogP) is 0.146. The Bertz CT molecular complexity index is 511. The van der Waals surface area contributed by atoms with Gasteiger partial charge in [0.1, 0.15) is 5.75 Å². The first-order chi connectivity index (χ1) is 8.72. The van der Waals surface area contributed by atoms with Crippen molar-refractivity contribution in [2.24, 2.45) is 0 Å². The molecule has 0 aliphatic carbocycles. The van der Waals surface area contributed by atoms with Gasteiger partial charge in [0, 0.05) is 5.56 Å². The Balaban J connectivity index is 1.76. The maximum atomic E-state index is 11.9. The number of nitrogens with one attached hydrogen (secondary N) is 2. The van der Waals surface area contributed by atoms with Crippen molar-refractivity contribution in [3.05, 3.63) is 23.8 Å². The fourth-order valence-electron chi connectivity index (χ4n) is 1.80. The van der Waals surface area contributed by atoms with Crippen molar-refractivity contribution in [1.82, 2.24) is 5.32 Å². The Morgan fingerprint density at radius 2 is 2.22 bits per heavy atom. The molecule has 18 heavy (non-hydrogen) atoms. The first-order valence-electron chi connectivity index (χ1n) is 5.68. The zero-order valence-electron chi connectivity index (χ0n) is 9.56. The molecule has 0 saturated carbocycles. The fraction of sp³-hybridized carbons (Fsp3) is 0.333. The van der Waals surface area contributed by atoms with Crippen molar-refractivity contribution in [2.45, 2.75) is 6.04 Å². The summed E-state index contributed by atoms with van der Waals surface area (Å²) < 4.78 is 10.2. The second-order valence-electron chi connectivity index (χ2n) is 4.26. The van der Waals surface area contributed by atoms with Crippen LogP contribution in [0.3, 0.4) is 0 Å². The Morgan fingerprint density at radius 3 is 2.94 bits per heavy atom. The number of carbonyl (C=O) groups is 2. The van der Waals surface area contributed by atoms with Gasteiger partial charge in [-0.2, -0.15) is 0 Å². The van der Waals surface area contributed by atoms with Gasteiger partial charge in [-0.05, 0) is 18.2 Å². The molecule has 1 saturated heterocycles. The highest BCUT2D eigenvalue weighted by atomic mass is 16.5. The van der Waals surface area contributed by atoms with E-state index in [-0.39, 0.29) is 24.5 Å². The molecule has 0 aromatic heterocycles. The highest BCUT2D eigenvalue weighted by molar-refractivity contribution is 5.99. The summed E-state index contributed by atoms with van der Waals surface area (Å²) in [5.74, 6) is 0.171. The molecule has 2 aliphatic heterocycles. The molecule has 2 heterocycles. The van der Waals surface area contributed by atoms with Gasteiger partial charge in [0.25, 0.3) is 11.8 Å². The summed E-state index contributed by atoms with van der Waals surface area (Å²) in [6.45, 7) is 1.10. The lowest BCUT2D eigenvalue weighted by molar-refractivity contribution is -0.118. The van der Waals surface area contributed by atoms with Crippen LogP contribution in [0.4, 0.5) is 5.69 Å². The number of benzene rings is 1. The highest BCUT2D eigenvalue weighted by Gasteiger charge is 2.22. The molecule has 0 radical (unpaired) electrons. The lowest BCUT2D eigenvalue weighted by Crippen LogP contribution is -2.48. The maximum absolute atomic E-state index is 11.9. The second-order valence-corrected chi connectivity index (χ2v) is 4.26. The minimum absolute atomic E-state index is 0.0193. The fourth-order valence-corrected chi connectivity index (χ4v) is 1.80. The van der Waals surface area contributed by atoms with Crippen LogP contribution in [0, 0.1) is 0 Å². The van der Waals surface area contributed by atoms with Gasteiger partial charge in [0.2, 0.25) is 0 Å². The van der Waals surface area contributed by atoms with Gasteiger partial charge in [0.05, 0.1) is 24.9 Å². The topological polar surface area (TPSA) is 76.7 Å². The molecular weight excluding hydrogens is 236 g/mol. The quantitative estimate of drug-likeness (QED) is 0.781. The summed E-state index contributed by atoms with van der Waals surface area (Å²) in [4.78, 5) is 23.0. The molecule has 6 heteroatoms. The van der Waals surface area contributed by atoms with Crippen LogP contribution in [-0.2, 0) is 9.53 Å². The van der Waals surface area contributed by atoms with Crippen LogP contribution in [0.2, 0.25) is 0 Å². The lowest BCUT2D eigenvalue weighted by atomic mass is 10.1. The van der Waals surface area contributed by atoms with Gasteiger partial charge in [-0.1, -0.05) is 0 Å². The Labute approximate surface area is 103 Å². The van der Waals surface area contributed by atoms with Crippen molar-refractivity contribution in [1.29, 1.82) is 0 Å². The van der Waals surface area contributed by atoms with Crippen LogP contribution in [0.15, 0.2) is 18.2 Å². The maximum Gasteiger partial charge on any atom is 0.262 e. The van der Waals surface area contributed by atoms with E-state index in [9.17, 15) is 9.59 Å². The van der Waals surface area contributed by atoms with Crippen molar-refractivity contribution in [3.8, 4) is 5.75 Å². The molecule has 1 aromatic rings. The number of hydrogen-bond acceptors (Lipinski definition) is 4. The number of hydrogen-bond donors (Lipinski definition) is 2. The molecule has 0 unspecified atom stereocenters. The molecule has 6 nitrogen and oxygen atoms in total. The number of fused-ring (bicyclic) bond motifs is 1.